The van der Waals surface area contributed by atoms with Gasteiger partial charge in [0.15, 0.2) is 0 Å². The van der Waals surface area contributed by atoms with E-state index in [-0.39, 0.29) is 0 Å². The molecule has 0 radical (unpaired) electrons. The zero-order chi connectivity index (χ0) is 19.9. The Kier molecular flexibility index (Phi) is 15.0. The summed E-state index contributed by atoms with van der Waals surface area (Å²) in [6, 6.07) is 0. The summed E-state index contributed by atoms with van der Waals surface area (Å²) in [5.41, 5.74) is 0.928. The molecule has 0 aliphatic rings. The molecule has 1 atom stereocenters. The highest BCUT2D eigenvalue weighted by atomic mass is 14.4. The van der Waals surface area contributed by atoms with Crippen molar-refractivity contribution in [3.05, 3.63) is 0 Å². The fourth-order valence-electron chi connectivity index (χ4n) is 5.01. The average molecular weight is 367 g/mol. The Bertz CT molecular complexity index is 294. The first kappa shape index (κ1) is 26.0. The first-order valence-corrected chi connectivity index (χ1v) is 12.3. The van der Waals surface area contributed by atoms with Gasteiger partial charge in [-0.25, -0.2) is 0 Å². The fourth-order valence-corrected chi connectivity index (χ4v) is 5.01. The molecule has 0 rings (SSSR count). The van der Waals surface area contributed by atoms with Crippen LogP contribution in [0.4, 0.5) is 0 Å². The van der Waals surface area contributed by atoms with Crippen molar-refractivity contribution in [2.24, 2.45) is 16.7 Å². The van der Waals surface area contributed by atoms with Gasteiger partial charge < -0.3 is 0 Å². The predicted molar refractivity (Wildman–Crippen MR) is 122 cm³/mol. The summed E-state index contributed by atoms with van der Waals surface area (Å²) in [5.74, 6) is 0.853. The SMILES string of the molecule is CCCCCCCCCCC(C)(C)C(CCCCCCCC)C(C)(C)C. The van der Waals surface area contributed by atoms with Crippen LogP contribution in [0.3, 0.4) is 0 Å². The summed E-state index contributed by atoms with van der Waals surface area (Å²) in [5, 5.41) is 0. The Balaban J connectivity index is 4.15. The second-order valence-corrected chi connectivity index (χ2v) is 10.7. The lowest BCUT2D eigenvalue weighted by Crippen LogP contribution is -2.34. The monoisotopic (exact) mass is 366 g/mol. The Hall–Kier alpha value is 0. The van der Waals surface area contributed by atoms with Crippen LogP contribution in [0.2, 0.25) is 0 Å². The largest absolute Gasteiger partial charge is 0.0654 e. The predicted octanol–water partition coefficient (Wildman–Crippen LogP) is 9.96. The molecular formula is C26H54. The maximum atomic E-state index is 2.56. The van der Waals surface area contributed by atoms with Crippen molar-refractivity contribution in [2.45, 2.75) is 151 Å². The van der Waals surface area contributed by atoms with Crippen LogP contribution in [-0.4, -0.2) is 0 Å². The molecule has 0 aromatic carbocycles. The minimum absolute atomic E-state index is 0.438. The van der Waals surface area contributed by atoms with E-state index in [9.17, 15) is 0 Å². The van der Waals surface area contributed by atoms with Gasteiger partial charge in [0.1, 0.15) is 0 Å². The molecule has 0 N–H and O–H groups in total. The van der Waals surface area contributed by atoms with E-state index in [1.165, 1.54) is 103 Å². The second kappa shape index (κ2) is 15.0. The smallest absolute Gasteiger partial charge is 0.0314 e. The third-order valence-electron chi connectivity index (χ3n) is 6.51. The fraction of sp³-hybridized carbons (Fsp3) is 1.00. The number of rotatable bonds is 17. The Labute approximate surface area is 168 Å². The minimum Gasteiger partial charge on any atom is -0.0654 e. The van der Waals surface area contributed by atoms with Gasteiger partial charge in [-0.05, 0) is 29.6 Å². The van der Waals surface area contributed by atoms with E-state index in [4.69, 9.17) is 0 Å². The highest BCUT2D eigenvalue weighted by Crippen LogP contribution is 2.46. The molecule has 0 amide bonds. The van der Waals surface area contributed by atoms with Crippen LogP contribution in [0, 0.1) is 16.7 Å². The van der Waals surface area contributed by atoms with Gasteiger partial charge in [0, 0.05) is 0 Å². The molecule has 0 heterocycles. The van der Waals surface area contributed by atoms with E-state index >= 15 is 0 Å². The zero-order valence-electron chi connectivity index (χ0n) is 19.9. The third kappa shape index (κ3) is 13.2. The third-order valence-corrected chi connectivity index (χ3v) is 6.51. The minimum atomic E-state index is 0.438. The summed E-state index contributed by atoms with van der Waals surface area (Å²) in [6.45, 7) is 17.2. The number of hydrogen-bond donors (Lipinski definition) is 0. The van der Waals surface area contributed by atoms with Gasteiger partial charge in [-0.2, -0.15) is 0 Å². The van der Waals surface area contributed by atoms with Gasteiger partial charge in [-0.15, -0.1) is 0 Å². The van der Waals surface area contributed by atoms with Crippen LogP contribution in [-0.2, 0) is 0 Å². The molecule has 0 fully saturated rings. The summed E-state index contributed by atoms with van der Waals surface area (Å²) < 4.78 is 0. The van der Waals surface area contributed by atoms with Gasteiger partial charge in [-0.3, -0.25) is 0 Å². The summed E-state index contributed by atoms with van der Waals surface area (Å²) in [4.78, 5) is 0. The van der Waals surface area contributed by atoms with E-state index in [1.54, 1.807) is 0 Å². The molecule has 0 aromatic rings. The lowest BCUT2D eigenvalue weighted by Gasteiger charge is -2.43. The van der Waals surface area contributed by atoms with E-state index in [1.807, 2.05) is 0 Å². The topological polar surface area (TPSA) is 0 Å². The molecule has 0 saturated carbocycles. The van der Waals surface area contributed by atoms with Gasteiger partial charge >= 0.3 is 0 Å². The van der Waals surface area contributed by atoms with Crippen molar-refractivity contribution < 1.29 is 0 Å². The molecule has 1 unspecified atom stereocenters. The molecule has 26 heavy (non-hydrogen) atoms. The lowest BCUT2D eigenvalue weighted by molar-refractivity contribution is 0.0647. The van der Waals surface area contributed by atoms with Crippen molar-refractivity contribution in [3.8, 4) is 0 Å². The van der Waals surface area contributed by atoms with Gasteiger partial charge in [0.25, 0.3) is 0 Å². The first-order valence-electron chi connectivity index (χ1n) is 12.3. The van der Waals surface area contributed by atoms with Crippen molar-refractivity contribution in [1.29, 1.82) is 0 Å². The number of hydrogen-bond acceptors (Lipinski definition) is 0. The van der Waals surface area contributed by atoms with Gasteiger partial charge in [0.05, 0.1) is 0 Å². The molecule has 0 aliphatic heterocycles. The zero-order valence-corrected chi connectivity index (χ0v) is 19.9. The first-order chi connectivity index (χ1) is 12.3. The normalized spacial score (nSPS) is 14.0. The standard InChI is InChI=1S/C26H54/c1-8-10-12-14-16-17-19-21-23-26(6,7)24(25(3,4)5)22-20-18-15-13-11-9-2/h24H,8-23H2,1-7H3. The van der Waals surface area contributed by atoms with Crippen LogP contribution in [0.15, 0.2) is 0 Å². The van der Waals surface area contributed by atoms with Crippen LogP contribution in [0.1, 0.15) is 151 Å². The number of unbranched alkanes of at least 4 members (excludes halogenated alkanes) is 12. The van der Waals surface area contributed by atoms with Crippen LogP contribution >= 0.6 is 0 Å². The van der Waals surface area contributed by atoms with Crippen LogP contribution in [0.5, 0.6) is 0 Å². The van der Waals surface area contributed by atoms with Crippen molar-refractivity contribution in [1.82, 2.24) is 0 Å². The van der Waals surface area contributed by atoms with Crippen molar-refractivity contribution in [3.63, 3.8) is 0 Å². The highest BCUT2D eigenvalue weighted by Gasteiger charge is 2.36. The highest BCUT2D eigenvalue weighted by molar-refractivity contribution is 4.86. The maximum Gasteiger partial charge on any atom is -0.0314 e. The summed E-state index contributed by atoms with van der Waals surface area (Å²) in [7, 11) is 0. The average Bonchev–Trinajstić information content (AvgIpc) is 2.55. The molecular weight excluding hydrogens is 312 g/mol. The summed E-state index contributed by atoms with van der Waals surface area (Å²) >= 11 is 0. The van der Waals surface area contributed by atoms with Gasteiger partial charge in [0.2, 0.25) is 0 Å². The van der Waals surface area contributed by atoms with E-state index in [0.29, 0.717) is 10.8 Å². The molecule has 0 aliphatic carbocycles. The van der Waals surface area contributed by atoms with Crippen LogP contribution < -0.4 is 0 Å². The van der Waals surface area contributed by atoms with E-state index in [2.05, 4.69) is 48.5 Å². The van der Waals surface area contributed by atoms with Crippen molar-refractivity contribution >= 4 is 0 Å². The maximum absolute atomic E-state index is 2.56. The summed E-state index contributed by atoms with van der Waals surface area (Å²) in [6.07, 6.45) is 22.9. The second-order valence-electron chi connectivity index (χ2n) is 10.7. The van der Waals surface area contributed by atoms with E-state index in [0.717, 1.165) is 5.92 Å². The molecule has 158 valence electrons. The quantitative estimate of drug-likeness (QED) is 0.225. The molecule has 0 spiro atoms. The molecule has 0 aromatic heterocycles. The molecule has 0 bridgehead atoms. The Morgan fingerprint density at radius 1 is 0.500 bits per heavy atom. The molecule has 0 heteroatoms. The molecule has 0 nitrogen and oxygen atoms in total. The van der Waals surface area contributed by atoms with Crippen molar-refractivity contribution in [2.75, 3.05) is 0 Å². The Morgan fingerprint density at radius 3 is 1.31 bits per heavy atom. The van der Waals surface area contributed by atoms with E-state index < -0.39 is 0 Å². The lowest BCUT2D eigenvalue weighted by atomic mass is 9.62. The van der Waals surface area contributed by atoms with Gasteiger partial charge in [-0.1, -0.05) is 138 Å². The van der Waals surface area contributed by atoms with Crippen LogP contribution in [0.25, 0.3) is 0 Å². The Morgan fingerprint density at radius 2 is 0.885 bits per heavy atom. The molecule has 0 saturated heterocycles.